The second kappa shape index (κ2) is 7.79. The van der Waals surface area contributed by atoms with Crippen LogP contribution < -0.4 is 0 Å². The molecule has 1 aliphatic rings. The summed E-state index contributed by atoms with van der Waals surface area (Å²) in [7, 11) is 0. The van der Waals surface area contributed by atoms with Gasteiger partial charge in [0.25, 0.3) is 0 Å². The van der Waals surface area contributed by atoms with E-state index in [1.54, 1.807) is 48.2 Å². The predicted molar refractivity (Wildman–Crippen MR) is 115 cm³/mol. The van der Waals surface area contributed by atoms with Crippen LogP contribution in [-0.4, -0.2) is 17.3 Å². The third kappa shape index (κ3) is 3.73. The number of hydrogen-bond donors (Lipinski definition) is 0. The molecule has 0 fully saturated rings. The molecular weight excluding hydrogens is 366 g/mol. The van der Waals surface area contributed by atoms with Crippen LogP contribution in [0.1, 0.15) is 33.2 Å². The number of para-hydroxylation sites is 1. The molecule has 3 aromatic carbocycles. The highest BCUT2D eigenvalue weighted by atomic mass is 32.2. The second-order valence-electron chi connectivity index (χ2n) is 6.42. The number of fused-ring (bicyclic) bond motifs is 1. The van der Waals surface area contributed by atoms with E-state index in [4.69, 9.17) is 0 Å². The van der Waals surface area contributed by atoms with Crippen LogP contribution in [0.4, 0.5) is 5.69 Å². The summed E-state index contributed by atoms with van der Waals surface area (Å²) in [4.78, 5) is 31.6. The van der Waals surface area contributed by atoms with Crippen molar-refractivity contribution in [2.75, 3.05) is 0 Å². The fraction of sp³-hybridized carbons (Fsp3) is 0.0417. The number of benzene rings is 3. The molecule has 0 atom stereocenters. The van der Waals surface area contributed by atoms with Crippen molar-refractivity contribution in [1.29, 1.82) is 0 Å². The third-order valence-corrected chi connectivity index (χ3v) is 5.64. The molecule has 0 saturated heterocycles. The number of Topliss-reactive ketones (excluding diaryl/α,β-unsaturated/α-hetero) is 2. The van der Waals surface area contributed by atoms with E-state index in [1.165, 1.54) is 0 Å². The third-order valence-electron chi connectivity index (χ3n) is 4.44. The Labute approximate surface area is 167 Å². The zero-order chi connectivity index (χ0) is 19.5. The molecule has 0 saturated carbocycles. The summed E-state index contributed by atoms with van der Waals surface area (Å²) < 4.78 is 0. The van der Waals surface area contributed by atoms with Crippen molar-refractivity contribution in [3.8, 4) is 0 Å². The van der Waals surface area contributed by atoms with Crippen LogP contribution in [0.15, 0.2) is 93.7 Å². The largest absolute Gasteiger partial charge is 0.285 e. The van der Waals surface area contributed by atoms with Crippen molar-refractivity contribution >= 4 is 40.8 Å². The first-order valence-corrected chi connectivity index (χ1v) is 9.72. The summed E-state index contributed by atoms with van der Waals surface area (Å²) in [6.07, 6.45) is 2.05. The fourth-order valence-electron chi connectivity index (χ4n) is 2.93. The fourth-order valence-corrected chi connectivity index (χ4v) is 3.92. The monoisotopic (exact) mass is 383 g/mol. The number of carbonyl (C=O) groups is 2. The van der Waals surface area contributed by atoms with Gasteiger partial charge in [0.2, 0.25) is 11.6 Å². The number of aliphatic imine (C=N–C) groups is 1. The molecule has 28 heavy (non-hydrogen) atoms. The Morgan fingerprint density at radius 3 is 2.11 bits per heavy atom. The van der Waals surface area contributed by atoms with E-state index in [1.807, 2.05) is 49.4 Å². The molecule has 3 aromatic rings. The maximum atomic E-state index is 12.4. The molecule has 3 nitrogen and oxygen atoms in total. The lowest BCUT2D eigenvalue weighted by molar-refractivity contribution is 0.0817. The summed E-state index contributed by atoms with van der Waals surface area (Å²) in [5, 5.41) is 0. The first-order chi connectivity index (χ1) is 13.6. The molecule has 4 heteroatoms. The van der Waals surface area contributed by atoms with Gasteiger partial charge in [0.1, 0.15) is 0 Å². The van der Waals surface area contributed by atoms with Crippen LogP contribution in [0.25, 0.3) is 6.08 Å². The normalized spacial score (nSPS) is 14.3. The van der Waals surface area contributed by atoms with Crippen LogP contribution in [0.2, 0.25) is 0 Å². The molecular formula is C24H17NO2S. The minimum atomic E-state index is -0.496. The van der Waals surface area contributed by atoms with Crippen molar-refractivity contribution < 1.29 is 9.59 Å². The molecule has 0 spiro atoms. The van der Waals surface area contributed by atoms with E-state index >= 15 is 0 Å². The molecule has 0 radical (unpaired) electrons. The molecule has 4 rings (SSSR count). The smallest absolute Gasteiger partial charge is 0.233 e. The van der Waals surface area contributed by atoms with Gasteiger partial charge in [-0.3, -0.25) is 14.6 Å². The zero-order valence-corrected chi connectivity index (χ0v) is 16.1. The molecule has 136 valence electrons. The maximum absolute atomic E-state index is 12.4. The summed E-state index contributed by atoms with van der Waals surface area (Å²) in [5.74, 6) is -0.988. The Bertz CT molecular complexity index is 1110. The SMILES string of the molecule is CC1=Nc2ccccc2SC1=Cc1ccc(C(=O)C(=O)c2ccccc2)cc1. The summed E-state index contributed by atoms with van der Waals surface area (Å²) in [6, 6.07) is 23.8. The lowest BCUT2D eigenvalue weighted by atomic mass is 10.0. The predicted octanol–water partition coefficient (Wildman–Crippen LogP) is 5.99. The van der Waals surface area contributed by atoms with E-state index < -0.39 is 11.6 Å². The molecule has 1 aliphatic heterocycles. The Hall–Kier alpha value is -3.24. The Morgan fingerprint density at radius 1 is 0.786 bits per heavy atom. The number of allylic oxidation sites excluding steroid dienone is 1. The molecule has 0 aromatic heterocycles. The van der Waals surface area contributed by atoms with Gasteiger partial charge in [-0.25, -0.2) is 0 Å². The Balaban J connectivity index is 1.55. The Kier molecular flexibility index (Phi) is 5.04. The highest BCUT2D eigenvalue weighted by molar-refractivity contribution is 8.04. The minimum absolute atomic E-state index is 0.392. The molecule has 1 heterocycles. The van der Waals surface area contributed by atoms with E-state index in [-0.39, 0.29) is 0 Å². The molecule has 0 amide bonds. The highest BCUT2D eigenvalue weighted by Crippen LogP contribution is 2.40. The first-order valence-electron chi connectivity index (χ1n) is 8.90. The minimum Gasteiger partial charge on any atom is -0.285 e. The standard InChI is InChI=1S/C24H17NO2S/c1-16-22(28-21-10-6-5-9-20(21)25-16)15-17-11-13-19(14-12-17)24(27)23(26)18-7-3-2-4-8-18/h2-15H,1H3. The van der Waals surface area contributed by atoms with Crippen LogP contribution in [0, 0.1) is 0 Å². The van der Waals surface area contributed by atoms with Crippen molar-refractivity contribution in [2.24, 2.45) is 4.99 Å². The molecule has 0 N–H and O–H groups in total. The topological polar surface area (TPSA) is 46.5 Å². The average Bonchev–Trinajstić information content (AvgIpc) is 2.74. The van der Waals surface area contributed by atoms with Gasteiger partial charge in [-0.05, 0) is 30.7 Å². The number of rotatable bonds is 4. The van der Waals surface area contributed by atoms with Gasteiger partial charge >= 0.3 is 0 Å². The van der Waals surface area contributed by atoms with Crippen LogP contribution in [-0.2, 0) is 0 Å². The van der Waals surface area contributed by atoms with Gasteiger partial charge in [0.05, 0.1) is 11.4 Å². The van der Waals surface area contributed by atoms with Gasteiger partial charge < -0.3 is 0 Å². The number of carbonyl (C=O) groups excluding carboxylic acids is 2. The van der Waals surface area contributed by atoms with Gasteiger partial charge in [-0.1, -0.05) is 78.5 Å². The van der Waals surface area contributed by atoms with E-state index in [2.05, 4.69) is 11.1 Å². The zero-order valence-electron chi connectivity index (χ0n) is 15.3. The van der Waals surface area contributed by atoms with E-state index in [0.29, 0.717) is 11.1 Å². The van der Waals surface area contributed by atoms with E-state index in [0.717, 1.165) is 26.8 Å². The van der Waals surface area contributed by atoms with Gasteiger partial charge in [0, 0.05) is 20.9 Å². The van der Waals surface area contributed by atoms with Crippen molar-refractivity contribution in [3.05, 3.63) is 100 Å². The van der Waals surface area contributed by atoms with Crippen molar-refractivity contribution in [3.63, 3.8) is 0 Å². The lowest BCUT2D eigenvalue weighted by Gasteiger charge is -2.15. The molecule has 0 unspecified atom stereocenters. The van der Waals surface area contributed by atoms with Gasteiger partial charge in [-0.15, -0.1) is 0 Å². The average molecular weight is 383 g/mol. The van der Waals surface area contributed by atoms with Crippen LogP contribution >= 0.6 is 11.8 Å². The number of ketones is 2. The first kappa shape index (κ1) is 18.1. The number of hydrogen-bond acceptors (Lipinski definition) is 4. The number of thioether (sulfide) groups is 1. The molecule has 0 bridgehead atoms. The summed E-state index contributed by atoms with van der Waals surface area (Å²) in [5.41, 5.74) is 3.71. The second-order valence-corrected chi connectivity index (χ2v) is 7.51. The van der Waals surface area contributed by atoms with Crippen LogP contribution in [0.3, 0.4) is 0 Å². The quantitative estimate of drug-likeness (QED) is 0.410. The van der Waals surface area contributed by atoms with Gasteiger partial charge in [-0.2, -0.15) is 0 Å². The summed E-state index contributed by atoms with van der Waals surface area (Å²) >= 11 is 1.68. The summed E-state index contributed by atoms with van der Waals surface area (Å²) in [6.45, 7) is 1.99. The Morgan fingerprint density at radius 2 is 1.39 bits per heavy atom. The number of nitrogens with zero attached hydrogens (tertiary/aromatic N) is 1. The lowest BCUT2D eigenvalue weighted by Crippen LogP contribution is -2.14. The van der Waals surface area contributed by atoms with Crippen molar-refractivity contribution in [2.45, 2.75) is 11.8 Å². The van der Waals surface area contributed by atoms with Crippen molar-refractivity contribution in [1.82, 2.24) is 0 Å². The van der Waals surface area contributed by atoms with Gasteiger partial charge in [0.15, 0.2) is 0 Å². The maximum Gasteiger partial charge on any atom is 0.233 e. The molecule has 0 aliphatic carbocycles. The van der Waals surface area contributed by atoms with E-state index in [9.17, 15) is 9.59 Å². The van der Waals surface area contributed by atoms with Crippen LogP contribution in [0.5, 0.6) is 0 Å². The highest BCUT2D eigenvalue weighted by Gasteiger charge is 2.18.